The van der Waals surface area contributed by atoms with Gasteiger partial charge in [0.2, 0.25) is 0 Å². The van der Waals surface area contributed by atoms with E-state index in [4.69, 9.17) is 16.3 Å². The van der Waals surface area contributed by atoms with Crippen molar-refractivity contribution >= 4 is 22.8 Å². The highest BCUT2D eigenvalue weighted by Gasteiger charge is 2.44. The molecule has 4 atom stereocenters. The van der Waals surface area contributed by atoms with Crippen LogP contribution in [0.3, 0.4) is 0 Å². The van der Waals surface area contributed by atoms with Crippen LogP contribution in [0.5, 0.6) is 0 Å². The second-order valence-electron chi connectivity index (χ2n) is 5.51. The molecule has 2 aromatic heterocycles. The number of primary amides is 1. The van der Waals surface area contributed by atoms with Gasteiger partial charge in [-0.3, -0.25) is 4.79 Å². The molecule has 11 nitrogen and oxygen atoms in total. The quantitative estimate of drug-likeness (QED) is 0.264. The molecule has 0 aliphatic carbocycles. The number of aliphatic hydroxyl groups is 3. The lowest BCUT2D eigenvalue weighted by Gasteiger charge is -2.17. The van der Waals surface area contributed by atoms with Gasteiger partial charge in [0.05, 0.1) is 17.6 Å². The molecule has 0 spiro atoms. The van der Waals surface area contributed by atoms with Gasteiger partial charge in [0.25, 0.3) is 5.91 Å². The van der Waals surface area contributed by atoms with Crippen LogP contribution in [0, 0.1) is 6.92 Å². The van der Waals surface area contributed by atoms with E-state index in [-0.39, 0.29) is 22.4 Å². The Labute approximate surface area is 135 Å². The number of carbonyl (C=O) groups excluding carboxylic acids is 1. The summed E-state index contributed by atoms with van der Waals surface area (Å²) in [5.41, 5.74) is 8.11. The summed E-state index contributed by atoms with van der Waals surface area (Å²) in [6.45, 7) is 1.15. The molecule has 1 fully saturated rings. The molecular weight excluding hydrogens is 320 g/mol. The van der Waals surface area contributed by atoms with E-state index in [1.807, 2.05) is 0 Å². The molecule has 0 aromatic carbocycles. The van der Waals surface area contributed by atoms with Gasteiger partial charge >= 0.3 is 0 Å². The van der Waals surface area contributed by atoms with Crippen molar-refractivity contribution in [3.63, 3.8) is 0 Å². The zero-order chi connectivity index (χ0) is 17.6. The number of aliphatic hydroxyl groups excluding tert-OH is 3. The summed E-state index contributed by atoms with van der Waals surface area (Å²) in [5.74, 6) is 5.26. The van der Waals surface area contributed by atoms with Crippen molar-refractivity contribution in [3.05, 3.63) is 17.6 Å². The van der Waals surface area contributed by atoms with Crippen LogP contribution in [0.4, 0.5) is 5.82 Å². The second-order valence-corrected chi connectivity index (χ2v) is 5.51. The Bertz CT molecular complexity index is 793. The lowest BCUT2D eigenvalue weighted by molar-refractivity contribution is -0.0509. The van der Waals surface area contributed by atoms with Gasteiger partial charge in [0.1, 0.15) is 29.8 Å². The van der Waals surface area contributed by atoms with Crippen molar-refractivity contribution in [3.8, 4) is 0 Å². The first-order chi connectivity index (χ1) is 11.4. The number of rotatable bonds is 4. The molecule has 0 bridgehead atoms. The smallest absolute Gasteiger partial charge is 0.251 e. The first kappa shape index (κ1) is 16.5. The number of ether oxygens (including phenoxy) is 1. The summed E-state index contributed by atoms with van der Waals surface area (Å²) >= 11 is 0. The molecule has 1 aliphatic heterocycles. The predicted octanol–water partition coefficient (Wildman–Crippen LogP) is -2.26. The zero-order valence-corrected chi connectivity index (χ0v) is 12.7. The number of amides is 1. The minimum Gasteiger partial charge on any atom is -0.394 e. The monoisotopic (exact) mass is 338 g/mol. The molecule has 0 radical (unpaired) electrons. The number of carbonyl (C=O) groups is 1. The van der Waals surface area contributed by atoms with E-state index in [9.17, 15) is 20.1 Å². The highest BCUT2D eigenvalue weighted by Crippen LogP contribution is 2.35. The van der Waals surface area contributed by atoms with Crippen LogP contribution in [0.2, 0.25) is 0 Å². The number of hydrogen-bond donors (Lipinski definition) is 6. The predicted molar refractivity (Wildman–Crippen MR) is 81.6 cm³/mol. The molecule has 0 unspecified atom stereocenters. The molecule has 1 aliphatic rings. The summed E-state index contributed by atoms with van der Waals surface area (Å²) in [6, 6.07) is 0. The summed E-state index contributed by atoms with van der Waals surface area (Å²) < 4.78 is 6.85. The van der Waals surface area contributed by atoms with Crippen LogP contribution >= 0.6 is 0 Å². The highest BCUT2D eigenvalue weighted by atomic mass is 16.6. The molecule has 1 amide bonds. The van der Waals surface area contributed by atoms with Crippen molar-refractivity contribution < 1.29 is 24.9 Å². The van der Waals surface area contributed by atoms with Gasteiger partial charge in [-0.15, -0.1) is 0 Å². The fourth-order valence-electron chi connectivity index (χ4n) is 2.85. The Morgan fingerprint density at radius 3 is 2.67 bits per heavy atom. The Balaban J connectivity index is 2.22. The first-order valence-electron chi connectivity index (χ1n) is 7.17. The van der Waals surface area contributed by atoms with Crippen LogP contribution in [0.15, 0.2) is 6.20 Å². The lowest BCUT2D eigenvalue weighted by Crippen LogP contribution is -2.33. The average Bonchev–Trinajstić information content (AvgIpc) is 3.05. The van der Waals surface area contributed by atoms with Crippen LogP contribution in [0.1, 0.15) is 22.4 Å². The Morgan fingerprint density at radius 2 is 2.12 bits per heavy atom. The number of hydrazine groups is 1. The SMILES string of the molecule is Cc1nc(NN)c2c(C(N)=O)cn([C@@H]3O[C@H](CO)[C@@H](O)[C@H]3O)c2n1. The maximum Gasteiger partial charge on any atom is 0.251 e. The number of aromatic nitrogens is 3. The van der Waals surface area contributed by atoms with Gasteiger partial charge in [-0.1, -0.05) is 0 Å². The first-order valence-corrected chi connectivity index (χ1v) is 7.17. The minimum atomic E-state index is -1.33. The van der Waals surface area contributed by atoms with Gasteiger partial charge < -0.3 is 35.8 Å². The molecule has 1 saturated heterocycles. The molecule has 130 valence electrons. The van der Waals surface area contributed by atoms with E-state index in [2.05, 4.69) is 15.4 Å². The molecule has 3 heterocycles. The number of nitrogens with zero attached hydrogens (tertiary/aromatic N) is 3. The van der Waals surface area contributed by atoms with E-state index in [0.29, 0.717) is 5.82 Å². The van der Waals surface area contributed by atoms with E-state index < -0.39 is 37.1 Å². The number of nitrogen functional groups attached to an aromatic ring is 1. The second kappa shape index (κ2) is 5.96. The maximum absolute atomic E-state index is 11.8. The molecule has 0 saturated carbocycles. The third-order valence-electron chi connectivity index (χ3n) is 3.98. The number of aryl methyl sites for hydroxylation is 1. The summed E-state index contributed by atoms with van der Waals surface area (Å²) in [7, 11) is 0. The zero-order valence-electron chi connectivity index (χ0n) is 12.7. The van der Waals surface area contributed by atoms with E-state index >= 15 is 0 Å². The maximum atomic E-state index is 11.8. The van der Waals surface area contributed by atoms with E-state index in [1.54, 1.807) is 6.92 Å². The van der Waals surface area contributed by atoms with E-state index in [0.717, 1.165) is 0 Å². The molecule has 24 heavy (non-hydrogen) atoms. The molecule has 11 heteroatoms. The number of nitrogens with two attached hydrogens (primary N) is 2. The Hall–Kier alpha value is -2.31. The fraction of sp³-hybridized carbons (Fsp3) is 0.462. The highest BCUT2D eigenvalue weighted by molar-refractivity contribution is 6.09. The number of hydrogen-bond acceptors (Lipinski definition) is 9. The van der Waals surface area contributed by atoms with Crippen molar-refractivity contribution in [1.82, 2.24) is 14.5 Å². The third-order valence-corrected chi connectivity index (χ3v) is 3.98. The molecular formula is C13H18N6O5. The number of fused-ring (bicyclic) bond motifs is 1. The minimum absolute atomic E-state index is 0.0793. The van der Waals surface area contributed by atoms with Crippen molar-refractivity contribution in [2.75, 3.05) is 12.0 Å². The van der Waals surface area contributed by atoms with Gasteiger partial charge in [-0.2, -0.15) is 0 Å². The normalized spacial score (nSPS) is 26.9. The third kappa shape index (κ3) is 2.39. The van der Waals surface area contributed by atoms with Gasteiger partial charge in [-0.25, -0.2) is 15.8 Å². The van der Waals surface area contributed by atoms with Crippen molar-refractivity contribution in [2.45, 2.75) is 31.5 Å². The summed E-state index contributed by atoms with van der Waals surface area (Å²) in [5, 5.41) is 29.6. The number of nitrogens with one attached hydrogen (secondary N) is 1. The Morgan fingerprint density at radius 1 is 1.42 bits per heavy atom. The molecule has 3 rings (SSSR count). The van der Waals surface area contributed by atoms with Crippen LogP contribution in [-0.2, 0) is 4.74 Å². The van der Waals surface area contributed by atoms with Crippen molar-refractivity contribution in [2.24, 2.45) is 11.6 Å². The number of anilines is 1. The fourth-order valence-corrected chi connectivity index (χ4v) is 2.85. The average molecular weight is 338 g/mol. The van der Waals surface area contributed by atoms with Crippen molar-refractivity contribution in [1.29, 1.82) is 0 Å². The van der Waals surface area contributed by atoms with Crippen LogP contribution < -0.4 is 17.0 Å². The standard InChI is InChI=1S/C13H18N6O5/c1-4-16-11(18-15)7-5(10(14)23)2-19(12(7)17-4)13-9(22)8(21)6(3-20)24-13/h2,6,8-9,13,20-22H,3,15H2,1H3,(H2,14,23)(H,16,17,18)/t6-,8-,9-,13-/m1/s1. The van der Waals surface area contributed by atoms with Gasteiger partial charge in [-0.05, 0) is 6.92 Å². The van der Waals surface area contributed by atoms with Crippen LogP contribution in [-0.4, -0.2) is 60.7 Å². The Kier molecular flexibility index (Phi) is 4.11. The van der Waals surface area contributed by atoms with Gasteiger partial charge in [0, 0.05) is 6.20 Å². The lowest BCUT2D eigenvalue weighted by atomic mass is 10.1. The van der Waals surface area contributed by atoms with Crippen LogP contribution in [0.25, 0.3) is 11.0 Å². The largest absolute Gasteiger partial charge is 0.394 e. The molecule has 2 aromatic rings. The summed E-state index contributed by atoms with van der Waals surface area (Å²) in [6.07, 6.45) is -3.29. The summed E-state index contributed by atoms with van der Waals surface area (Å²) in [4.78, 5) is 20.1. The molecule has 8 N–H and O–H groups in total. The van der Waals surface area contributed by atoms with Gasteiger partial charge in [0.15, 0.2) is 12.0 Å². The van der Waals surface area contributed by atoms with E-state index in [1.165, 1.54) is 10.8 Å². The topological polar surface area (TPSA) is 182 Å².